The number of hydrogen-bond donors (Lipinski definition) is 2. The van der Waals surface area contributed by atoms with Gasteiger partial charge in [-0.25, -0.2) is 10.2 Å². The van der Waals surface area contributed by atoms with Gasteiger partial charge in [0.1, 0.15) is 0 Å². The van der Waals surface area contributed by atoms with Crippen molar-refractivity contribution in [1.29, 1.82) is 0 Å². The van der Waals surface area contributed by atoms with Gasteiger partial charge in [-0.2, -0.15) is 10.2 Å². The predicted molar refractivity (Wildman–Crippen MR) is 90.1 cm³/mol. The molecule has 0 saturated heterocycles. The second-order valence-electron chi connectivity index (χ2n) is 6.23. The Morgan fingerprint density at radius 3 is 2.46 bits per heavy atom. The molecule has 0 atom stereocenters. The Kier molecular flexibility index (Phi) is 5.13. The van der Waals surface area contributed by atoms with Crippen molar-refractivity contribution >= 4 is 18.1 Å². The topological polar surface area (TPSA) is 96.4 Å². The number of hydrazone groups is 1. The van der Waals surface area contributed by atoms with Crippen molar-refractivity contribution in [1.82, 2.24) is 15.6 Å². The summed E-state index contributed by atoms with van der Waals surface area (Å²) in [6.07, 6.45) is 1.48. The minimum Gasteiger partial charge on any atom is -0.465 e. The Morgan fingerprint density at radius 2 is 1.92 bits per heavy atom. The van der Waals surface area contributed by atoms with Gasteiger partial charge in [0.15, 0.2) is 5.69 Å². The monoisotopic (exact) mass is 328 g/mol. The average Bonchev–Trinajstić information content (AvgIpc) is 3.05. The van der Waals surface area contributed by atoms with Crippen LogP contribution in [0.4, 0.5) is 0 Å². The highest BCUT2D eigenvalue weighted by atomic mass is 16.5. The van der Waals surface area contributed by atoms with E-state index in [9.17, 15) is 9.59 Å². The summed E-state index contributed by atoms with van der Waals surface area (Å²) in [7, 11) is 1.33. The smallest absolute Gasteiger partial charge is 0.337 e. The molecule has 0 bridgehead atoms. The van der Waals surface area contributed by atoms with Crippen molar-refractivity contribution in [2.45, 2.75) is 26.2 Å². The number of nitrogens with one attached hydrogen (secondary N) is 2. The summed E-state index contributed by atoms with van der Waals surface area (Å²) in [5.41, 5.74) is 4.63. The van der Waals surface area contributed by atoms with Crippen LogP contribution in [0.15, 0.2) is 35.4 Å². The number of nitrogens with zero attached hydrogens (tertiary/aromatic N) is 2. The molecule has 0 saturated carbocycles. The Labute approximate surface area is 140 Å². The number of H-pyrrole nitrogens is 1. The van der Waals surface area contributed by atoms with E-state index in [-0.39, 0.29) is 11.1 Å². The summed E-state index contributed by atoms with van der Waals surface area (Å²) >= 11 is 0. The van der Waals surface area contributed by atoms with E-state index in [1.165, 1.54) is 13.3 Å². The van der Waals surface area contributed by atoms with Crippen molar-refractivity contribution < 1.29 is 14.3 Å². The normalized spacial score (nSPS) is 11.5. The zero-order valence-electron chi connectivity index (χ0n) is 14.1. The third kappa shape index (κ3) is 4.28. The van der Waals surface area contributed by atoms with Crippen LogP contribution in [0.25, 0.3) is 0 Å². The van der Waals surface area contributed by atoms with Crippen molar-refractivity contribution in [2.75, 3.05) is 7.11 Å². The fraction of sp³-hybridized carbons (Fsp3) is 0.294. The maximum Gasteiger partial charge on any atom is 0.337 e. The van der Waals surface area contributed by atoms with E-state index in [2.05, 4.69) is 25.5 Å². The zero-order chi connectivity index (χ0) is 17.7. The predicted octanol–water partition coefficient (Wildman–Crippen LogP) is 2.26. The molecule has 126 valence electrons. The van der Waals surface area contributed by atoms with E-state index in [1.807, 2.05) is 20.8 Å². The lowest BCUT2D eigenvalue weighted by Crippen LogP contribution is -2.18. The Bertz CT molecular complexity index is 755. The van der Waals surface area contributed by atoms with Crippen LogP contribution in [0.5, 0.6) is 0 Å². The lowest BCUT2D eigenvalue weighted by molar-refractivity contribution is 0.0600. The van der Waals surface area contributed by atoms with Crippen molar-refractivity contribution in [3.05, 3.63) is 52.8 Å². The van der Waals surface area contributed by atoms with Gasteiger partial charge in [-0.3, -0.25) is 9.89 Å². The summed E-state index contributed by atoms with van der Waals surface area (Å²) < 4.78 is 4.62. The molecule has 24 heavy (non-hydrogen) atoms. The van der Waals surface area contributed by atoms with Gasteiger partial charge in [0.25, 0.3) is 5.91 Å². The van der Waals surface area contributed by atoms with Crippen molar-refractivity contribution in [2.24, 2.45) is 5.10 Å². The quantitative estimate of drug-likeness (QED) is 0.511. The van der Waals surface area contributed by atoms with Crippen molar-refractivity contribution in [3.8, 4) is 0 Å². The molecule has 2 rings (SSSR count). The number of amides is 1. The first-order chi connectivity index (χ1) is 11.3. The molecule has 0 spiro atoms. The summed E-state index contributed by atoms with van der Waals surface area (Å²) in [6, 6.07) is 8.36. The summed E-state index contributed by atoms with van der Waals surface area (Å²) in [4.78, 5) is 23.3. The molecular weight excluding hydrogens is 308 g/mol. The lowest BCUT2D eigenvalue weighted by Gasteiger charge is -2.14. The molecule has 1 aromatic heterocycles. The number of ether oxygens (including phenoxy) is 1. The molecule has 1 heterocycles. The zero-order valence-corrected chi connectivity index (χ0v) is 14.1. The second-order valence-corrected chi connectivity index (χ2v) is 6.23. The lowest BCUT2D eigenvalue weighted by atomic mass is 9.92. The molecule has 0 unspecified atom stereocenters. The number of methoxy groups -OCH3 is 1. The van der Waals surface area contributed by atoms with E-state index in [1.54, 1.807) is 30.3 Å². The molecule has 0 aliphatic carbocycles. The molecule has 0 radical (unpaired) electrons. The van der Waals surface area contributed by atoms with Crippen LogP contribution in [0.2, 0.25) is 0 Å². The van der Waals surface area contributed by atoms with Gasteiger partial charge in [0.2, 0.25) is 0 Å². The third-order valence-corrected chi connectivity index (χ3v) is 3.33. The maximum atomic E-state index is 12.0. The highest BCUT2D eigenvalue weighted by Gasteiger charge is 2.19. The summed E-state index contributed by atoms with van der Waals surface area (Å²) in [6.45, 7) is 6.08. The number of rotatable bonds is 4. The molecule has 0 aliphatic rings. The van der Waals surface area contributed by atoms with E-state index in [0.29, 0.717) is 5.56 Å². The highest BCUT2D eigenvalue weighted by Crippen LogP contribution is 2.20. The first-order valence-corrected chi connectivity index (χ1v) is 7.39. The minimum absolute atomic E-state index is 0.115. The maximum absolute atomic E-state index is 12.0. The minimum atomic E-state index is -0.403. The largest absolute Gasteiger partial charge is 0.465 e. The number of carbonyl (C=O) groups is 2. The summed E-state index contributed by atoms with van der Waals surface area (Å²) in [5.74, 6) is -0.802. The van der Waals surface area contributed by atoms with E-state index in [0.717, 1.165) is 11.3 Å². The van der Waals surface area contributed by atoms with Crippen LogP contribution in [-0.4, -0.2) is 35.4 Å². The van der Waals surface area contributed by atoms with Gasteiger partial charge in [-0.15, -0.1) is 0 Å². The fourth-order valence-electron chi connectivity index (χ4n) is 1.87. The SMILES string of the molecule is COC(=O)c1ccc(C=NNC(=O)c2cc(C(C)(C)C)[nH]n2)cc1. The summed E-state index contributed by atoms with van der Waals surface area (Å²) in [5, 5.41) is 10.7. The van der Waals surface area contributed by atoms with Gasteiger partial charge >= 0.3 is 5.97 Å². The van der Waals surface area contributed by atoms with Gasteiger partial charge in [-0.1, -0.05) is 32.9 Å². The number of benzene rings is 1. The number of esters is 1. The highest BCUT2D eigenvalue weighted by molar-refractivity contribution is 5.93. The molecule has 0 fully saturated rings. The van der Waals surface area contributed by atoms with Crippen LogP contribution >= 0.6 is 0 Å². The molecular formula is C17H20N4O3. The molecule has 7 heteroatoms. The Morgan fingerprint density at radius 1 is 1.25 bits per heavy atom. The standard InChI is InChI=1S/C17H20N4O3/c1-17(2,3)14-9-13(19-20-14)15(22)21-18-10-11-5-7-12(8-6-11)16(23)24-4/h5-10H,1-4H3,(H,19,20)(H,21,22). The fourth-order valence-corrected chi connectivity index (χ4v) is 1.87. The number of hydrogen-bond acceptors (Lipinski definition) is 5. The molecule has 0 aliphatic heterocycles. The number of aromatic amines is 1. The molecule has 1 amide bonds. The van der Waals surface area contributed by atoms with E-state index >= 15 is 0 Å². The van der Waals surface area contributed by atoms with Crippen LogP contribution < -0.4 is 5.43 Å². The first-order valence-electron chi connectivity index (χ1n) is 7.39. The van der Waals surface area contributed by atoms with Crippen LogP contribution in [0, 0.1) is 0 Å². The van der Waals surface area contributed by atoms with Crippen LogP contribution in [-0.2, 0) is 10.2 Å². The van der Waals surface area contributed by atoms with Gasteiger partial charge in [0.05, 0.1) is 18.9 Å². The molecule has 2 aromatic rings. The van der Waals surface area contributed by atoms with Gasteiger partial charge < -0.3 is 4.74 Å². The molecule has 2 N–H and O–H groups in total. The van der Waals surface area contributed by atoms with Crippen LogP contribution in [0.3, 0.4) is 0 Å². The van der Waals surface area contributed by atoms with Gasteiger partial charge in [-0.05, 0) is 23.8 Å². The molecule has 1 aromatic carbocycles. The Hall–Kier alpha value is -2.96. The van der Waals surface area contributed by atoms with E-state index < -0.39 is 11.9 Å². The Balaban J connectivity index is 1.97. The average molecular weight is 328 g/mol. The number of carbonyl (C=O) groups excluding carboxylic acids is 2. The van der Waals surface area contributed by atoms with Crippen LogP contribution in [0.1, 0.15) is 52.9 Å². The van der Waals surface area contributed by atoms with Crippen molar-refractivity contribution in [3.63, 3.8) is 0 Å². The second kappa shape index (κ2) is 7.08. The third-order valence-electron chi connectivity index (χ3n) is 3.33. The molecule has 7 nitrogen and oxygen atoms in total. The number of aromatic nitrogens is 2. The first kappa shape index (κ1) is 17.4. The van der Waals surface area contributed by atoms with Gasteiger partial charge in [0, 0.05) is 11.1 Å². The van der Waals surface area contributed by atoms with E-state index in [4.69, 9.17) is 0 Å².